The molecule has 0 radical (unpaired) electrons. The van der Waals surface area contributed by atoms with Gasteiger partial charge in [-0.1, -0.05) is 12.1 Å². The van der Waals surface area contributed by atoms with E-state index >= 15 is 0 Å². The molecule has 0 bridgehead atoms. The molecule has 2 aromatic carbocycles. The normalized spacial score (nSPS) is 10.4. The molecule has 2 heterocycles. The fourth-order valence-electron chi connectivity index (χ4n) is 2.67. The van der Waals surface area contributed by atoms with Gasteiger partial charge in [-0.05, 0) is 42.5 Å². The number of ether oxygens (including phenoxy) is 2. The first kappa shape index (κ1) is 18.2. The lowest BCUT2D eigenvalue weighted by atomic mass is 10.2. The van der Waals surface area contributed by atoms with Crippen LogP contribution < -0.4 is 14.8 Å². The zero-order chi connectivity index (χ0) is 20.1. The van der Waals surface area contributed by atoms with Gasteiger partial charge in [-0.2, -0.15) is 5.10 Å². The average molecular weight is 387 g/mol. The minimum atomic E-state index is -0.254. The number of hydrogen-bond donors (Lipinski definition) is 1. The van der Waals surface area contributed by atoms with E-state index in [1.54, 1.807) is 71.7 Å². The molecule has 1 N–H and O–H groups in total. The highest BCUT2D eigenvalue weighted by molar-refractivity contribution is 6.06. The molecule has 2 aromatic heterocycles. The predicted octanol–water partition coefficient (Wildman–Crippen LogP) is 3.72. The van der Waals surface area contributed by atoms with Crippen LogP contribution in [-0.2, 0) is 0 Å². The molecule has 0 aliphatic carbocycles. The summed E-state index contributed by atoms with van der Waals surface area (Å²) >= 11 is 0. The van der Waals surface area contributed by atoms with Gasteiger partial charge in [-0.3, -0.25) is 4.79 Å². The number of carbonyl (C=O) groups excluding carboxylic acids is 1. The highest BCUT2D eigenvalue weighted by Gasteiger charge is 2.11. The van der Waals surface area contributed by atoms with Crippen LogP contribution in [0, 0.1) is 0 Å². The number of aromatic nitrogens is 4. The van der Waals surface area contributed by atoms with Gasteiger partial charge in [0.15, 0.2) is 5.82 Å². The molecular weight excluding hydrogens is 370 g/mol. The summed E-state index contributed by atoms with van der Waals surface area (Å²) in [5, 5.41) is 6.97. The highest BCUT2D eigenvalue weighted by atomic mass is 16.5. The van der Waals surface area contributed by atoms with Gasteiger partial charge in [0.25, 0.3) is 5.91 Å². The van der Waals surface area contributed by atoms with Crippen molar-refractivity contribution < 1.29 is 14.3 Å². The summed E-state index contributed by atoms with van der Waals surface area (Å²) in [6, 6.07) is 17.5. The van der Waals surface area contributed by atoms with Crippen molar-refractivity contribution in [1.29, 1.82) is 0 Å². The number of amides is 1. The van der Waals surface area contributed by atoms with Gasteiger partial charge in [-0.15, -0.1) is 0 Å². The van der Waals surface area contributed by atoms with Crippen LogP contribution in [0.1, 0.15) is 10.4 Å². The van der Waals surface area contributed by atoms with Gasteiger partial charge >= 0.3 is 0 Å². The lowest BCUT2D eigenvalue weighted by molar-refractivity contribution is 0.102. The Balaban J connectivity index is 1.45. The molecule has 0 saturated heterocycles. The minimum Gasteiger partial charge on any atom is -0.496 e. The minimum absolute atomic E-state index is 0.254. The van der Waals surface area contributed by atoms with Crippen molar-refractivity contribution in [3.05, 3.63) is 84.9 Å². The molecule has 0 aliphatic heterocycles. The van der Waals surface area contributed by atoms with Crippen LogP contribution >= 0.6 is 0 Å². The quantitative estimate of drug-likeness (QED) is 0.542. The summed E-state index contributed by atoms with van der Waals surface area (Å²) in [6.45, 7) is 0. The summed E-state index contributed by atoms with van der Waals surface area (Å²) < 4.78 is 12.6. The van der Waals surface area contributed by atoms with Gasteiger partial charge in [0.05, 0.1) is 12.7 Å². The first-order valence-electron chi connectivity index (χ1n) is 8.77. The maximum Gasteiger partial charge on any atom is 0.259 e. The van der Waals surface area contributed by atoms with E-state index < -0.39 is 0 Å². The Morgan fingerprint density at radius 2 is 1.86 bits per heavy atom. The Kier molecular flexibility index (Phi) is 5.15. The fourth-order valence-corrected chi connectivity index (χ4v) is 2.67. The molecule has 0 unspecified atom stereocenters. The van der Waals surface area contributed by atoms with Crippen molar-refractivity contribution in [2.45, 2.75) is 0 Å². The standard InChI is InChI=1S/C21H17N5O3/c1-28-18-6-3-2-5-17(18)21(27)25-15-7-9-16(10-8-15)29-20-13-19(22-14-23-20)26-12-4-11-24-26/h2-14H,1H3,(H,25,27). The van der Waals surface area contributed by atoms with Gasteiger partial charge in [0, 0.05) is 24.1 Å². The zero-order valence-electron chi connectivity index (χ0n) is 15.5. The van der Waals surface area contributed by atoms with Crippen molar-refractivity contribution in [1.82, 2.24) is 19.7 Å². The Labute approximate surface area is 166 Å². The summed E-state index contributed by atoms with van der Waals surface area (Å²) in [6.07, 6.45) is 4.86. The van der Waals surface area contributed by atoms with Crippen molar-refractivity contribution in [2.75, 3.05) is 12.4 Å². The number of carbonyl (C=O) groups is 1. The van der Waals surface area contributed by atoms with Crippen LogP contribution in [-0.4, -0.2) is 32.8 Å². The molecule has 4 aromatic rings. The van der Waals surface area contributed by atoms with E-state index in [9.17, 15) is 4.79 Å². The lowest BCUT2D eigenvalue weighted by Gasteiger charge is -2.10. The number of methoxy groups -OCH3 is 1. The van der Waals surface area contributed by atoms with Crippen molar-refractivity contribution in [3.63, 3.8) is 0 Å². The number of benzene rings is 2. The second-order valence-electron chi connectivity index (χ2n) is 5.95. The van der Waals surface area contributed by atoms with E-state index in [4.69, 9.17) is 9.47 Å². The lowest BCUT2D eigenvalue weighted by Crippen LogP contribution is -2.12. The molecule has 29 heavy (non-hydrogen) atoms. The zero-order valence-corrected chi connectivity index (χ0v) is 15.5. The molecule has 144 valence electrons. The number of nitrogens with zero attached hydrogens (tertiary/aromatic N) is 4. The van der Waals surface area contributed by atoms with E-state index in [1.165, 1.54) is 13.4 Å². The second-order valence-corrected chi connectivity index (χ2v) is 5.95. The van der Waals surface area contributed by atoms with E-state index in [0.29, 0.717) is 34.4 Å². The fraction of sp³-hybridized carbons (Fsp3) is 0.0476. The summed E-state index contributed by atoms with van der Waals surface area (Å²) in [4.78, 5) is 20.8. The summed E-state index contributed by atoms with van der Waals surface area (Å²) in [5.74, 6) is 1.82. The molecule has 1 amide bonds. The monoisotopic (exact) mass is 387 g/mol. The Morgan fingerprint density at radius 3 is 2.62 bits per heavy atom. The molecule has 8 nitrogen and oxygen atoms in total. The maximum atomic E-state index is 12.5. The topological polar surface area (TPSA) is 91.2 Å². The largest absolute Gasteiger partial charge is 0.496 e. The molecule has 0 spiro atoms. The Hall–Kier alpha value is -4.20. The average Bonchev–Trinajstić information content (AvgIpc) is 3.30. The van der Waals surface area contributed by atoms with Crippen LogP contribution in [0.15, 0.2) is 79.4 Å². The molecule has 0 atom stereocenters. The highest BCUT2D eigenvalue weighted by Crippen LogP contribution is 2.23. The molecule has 0 aliphatic rings. The molecule has 0 fully saturated rings. The number of nitrogens with one attached hydrogen (secondary N) is 1. The third-order valence-electron chi connectivity index (χ3n) is 4.05. The van der Waals surface area contributed by atoms with Gasteiger partial charge < -0.3 is 14.8 Å². The van der Waals surface area contributed by atoms with Crippen LogP contribution in [0.5, 0.6) is 17.4 Å². The van der Waals surface area contributed by atoms with E-state index in [1.807, 2.05) is 6.07 Å². The summed E-state index contributed by atoms with van der Waals surface area (Å²) in [7, 11) is 1.53. The van der Waals surface area contributed by atoms with Crippen molar-refractivity contribution in [3.8, 4) is 23.2 Å². The molecule has 4 rings (SSSR count). The van der Waals surface area contributed by atoms with Gasteiger partial charge in [0.2, 0.25) is 5.88 Å². The van der Waals surface area contributed by atoms with E-state index in [0.717, 1.165) is 0 Å². The molecule has 0 saturated carbocycles. The number of hydrogen-bond acceptors (Lipinski definition) is 6. The Morgan fingerprint density at radius 1 is 1.03 bits per heavy atom. The predicted molar refractivity (Wildman–Crippen MR) is 107 cm³/mol. The number of rotatable bonds is 6. The van der Waals surface area contributed by atoms with E-state index in [-0.39, 0.29) is 5.91 Å². The van der Waals surface area contributed by atoms with Crippen LogP contribution in [0.25, 0.3) is 5.82 Å². The SMILES string of the molecule is COc1ccccc1C(=O)Nc1ccc(Oc2cc(-n3cccn3)ncn2)cc1. The van der Waals surface area contributed by atoms with Crippen molar-refractivity contribution in [2.24, 2.45) is 0 Å². The number of para-hydroxylation sites is 1. The second kappa shape index (κ2) is 8.22. The van der Waals surface area contributed by atoms with Gasteiger partial charge in [-0.25, -0.2) is 14.6 Å². The third-order valence-corrected chi connectivity index (χ3v) is 4.05. The van der Waals surface area contributed by atoms with Crippen LogP contribution in [0.3, 0.4) is 0 Å². The van der Waals surface area contributed by atoms with Crippen LogP contribution in [0.2, 0.25) is 0 Å². The number of anilines is 1. The Bertz CT molecular complexity index is 1110. The molecular formula is C21H17N5O3. The maximum absolute atomic E-state index is 12.5. The summed E-state index contributed by atoms with van der Waals surface area (Å²) in [5.41, 5.74) is 1.09. The third kappa shape index (κ3) is 4.22. The van der Waals surface area contributed by atoms with Gasteiger partial charge in [0.1, 0.15) is 17.8 Å². The van der Waals surface area contributed by atoms with Crippen LogP contribution in [0.4, 0.5) is 5.69 Å². The van der Waals surface area contributed by atoms with Crippen molar-refractivity contribution >= 4 is 11.6 Å². The smallest absolute Gasteiger partial charge is 0.259 e. The van der Waals surface area contributed by atoms with E-state index in [2.05, 4.69) is 20.4 Å². The first-order chi connectivity index (χ1) is 14.2. The molecule has 8 heteroatoms. The first-order valence-corrected chi connectivity index (χ1v) is 8.77.